The summed E-state index contributed by atoms with van der Waals surface area (Å²) < 4.78 is 0. The molecule has 0 bridgehead atoms. The third-order valence-electron chi connectivity index (χ3n) is 5.65. The number of amidine groups is 2. The fourth-order valence-electron chi connectivity index (χ4n) is 3.23. The Morgan fingerprint density at radius 1 is 0.525 bits per heavy atom. The minimum Gasteiger partial charge on any atom is -0.348 e. The first-order valence-corrected chi connectivity index (χ1v) is 14.5. The highest BCUT2D eigenvalue weighted by molar-refractivity contribution is 6.03. The van der Waals surface area contributed by atoms with Crippen LogP contribution in [0.25, 0.3) is 0 Å². The molecular formula is C28H56N10O2. The van der Waals surface area contributed by atoms with Crippen molar-refractivity contribution in [3.8, 4) is 0 Å². The van der Waals surface area contributed by atoms with Crippen LogP contribution in [0.15, 0.2) is 20.0 Å². The maximum Gasteiger partial charge on any atom is 0.323 e. The first kappa shape index (κ1) is 36.8. The predicted octanol–water partition coefficient (Wildman–Crippen LogP) is 4.10. The molecule has 0 heterocycles. The third kappa shape index (κ3) is 17.4. The van der Waals surface area contributed by atoms with Crippen LogP contribution in [0, 0.1) is 0 Å². The van der Waals surface area contributed by atoms with E-state index in [4.69, 9.17) is 0 Å². The number of hydrogen-bond acceptors (Lipinski definition) is 4. The third-order valence-corrected chi connectivity index (χ3v) is 5.65. The van der Waals surface area contributed by atoms with Crippen LogP contribution < -0.4 is 10.6 Å². The van der Waals surface area contributed by atoms with Gasteiger partial charge in [0, 0.05) is 82.3 Å². The molecule has 0 spiro atoms. The number of nitrogens with zero attached hydrogens (tertiary/aromatic N) is 8. The number of carbonyl (C=O) groups excluding carboxylic acids is 2. The summed E-state index contributed by atoms with van der Waals surface area (Å²) in [4.78, 5) is 49.4. The number of hydrogen-bond donors (Lipinski definition) is 2. The summed E-state index contributed by atoms with van der Waals surface area (Å²) in [7, 11) is 14.2. The molecule has 0 aromatic rings. The van der Waals surface area contributed by atoms with Crippen molar-refractivity contribution in [1.29, 1.82) is 0 Å². The molecule has 0 atom stereocenters. The molecule has 0 aromatic heterocycles. The molecule has 12 heteroatoms. The van der Waals surface area contributed by atoms with Crippen LogP contribution in [-0.4, -0.2) is 125 Å². The van der Waals surface area contributed by atoms with E-state index < -0.39 is 0 Å². The van der Waals surface area contributed by atoms with Gasteiger partial charge >= 0.3 is 12.1 Å². The molecule has 2 N–H and O–H groups in total. The quantitative estimate of drug-likeness (QED) is 0.199. The zero-order valence-corrected chi connectivity index (χ0v) is 26.9. The second kappa shape index (κ2) is 21.6. The summed E-state index contributed by atoms with van der Waals surface area (Å²) in [5.41, 5.74) is 0. The summed E-state index contributed by atoms with van der Waals surface area (Å²) in [6, 6.07) is -0.431. The number of guanidine groups is 2. The van der Waals surface area contributed by atoms with E-state index in [0.29, 0.717) is 11.9 Å². The average Bonchev–Trinajstić information content (AvgIpc) is 2.89. The van der Waals surface area contributed by atoms with Gasteiger partial charge in [-0.15, -0.1) is 0 Å². The maximum atomic E-state index is 12.1. The molecule has 0 aliphatic carbocycles. The van der Waals surface area contributed by atoms with E-state index in [1.807, 2.05) is 28.2 Å². The van der Waals surface area contributed by atoms with Gasteiger partial charge in [0.05, 0.1) is 0 Å². The van der Waals surface area contributed by atoms with Crippen molar-refractivity contribution in [3.63, 3.8) is 0 Å². The molecule has 0 saturated carbocycles. The molecule has 0 aliphatic heterocycles. The number of amides is 4. The molecule has 0 unspecified atom stereocenters. The van der Waals surface area contributed by atoms with Crippen molar-refractivity contribution in [3.05, 3.63) is 0 Å². The van der Waals surface area contributed by atoms with Crippen molar-refractivity contribution in [2.24, 2.45) is 20.0 Å². The van der Waals surface area contributed by atoms with Crippen molar-refractivity contribution >= 4 is 35.7 Å². The number of urea groups is 2. The van der Waals surface area contributed by atoms with Crippen LogP contribution in [-0.2, 0) is 0 Å². The lowest BCUT2D eigenvalue weighted by molar-refractivity contribution is 0.221. The van der Waals surface area contributed by atoms with E-state index in [1.165, 1.54) is 9.80 Å². The van der Waals surface area contributed by atoms with Gasteiger partial charge in [0.15, 0.2) is 0 Å². The lowest BCUT2D eigenvalue weighted by atomic mass is 10.1. The Morgan fingerprint density at radius 2 is 0.850 bits per heavy atom. The Morgan fingerprint density at radius 3 is 1.12 bits per heavy atom. The molecule has 0 aromatic carbocycles. The first-order valence-electron chi connectivity index (χ1n) is 14.5. The van der Waals surface area contributed by atoms with E-state index in [0.717, 1.165) is 89.0 Å². The monoisotopic (exact) mass is 564 g/mol. The number of carbonyl (C=O) groups is 2. The number of rotatable bonds is 13. The van der Waals surface area contributed by atoms with Crippen molar-refractivity contribution in [1.82, 2.24) is 30.2 Å². The highest BCUT2D eigenvalue weighted by Gasteiger charge is 2.12. The van der Waals surface area contributed by atoms with Crippen LogP contribution >= 0.6 is 0 Å². The molecule has 12 nitrogen and oxygen atoms in total. The van der Waals surface area contributed by atoms with Gasteiger partial charge < -0.3 is 19.6 Å². The Kier molecular flexibility index (Phi) is 19.9. The summed E-state index contributed by atoms with van der Waals surface area (Å²) in [6.07, 6.45) is 9.92. The van der Waals surface area contributed by atoms with Crippen molar-refractivity contribution < 1.29 is 9.59 Å². The molecular weight excluding hydrogens is 508 g/mol. The Labute approximate surface area is 243 Å². The zero-order chi connectivity index (χ0) is 30.5. The topological polar surface area (TPSA) is 121 Å². The van der Waals surface area contributed by atoms with E-state index >= 15 is 0 Å². The van der Waals surface area contributed by atoms with Gasteiger partial charge in [-0.2, -0.15) is 9.98 Å². The molecule has 0 saturated heterocycles. The standard InChI is InChI=1S/C28H56N10O2/c1-11-21-29-23(31-25(35(3)4)33-27(39)37(7)8)19-17-15-13-14-16-18-20-24(30-22-12-2)32-26(36(5)6)34-28(40)38(9)10/h11-22H2,1-10H3,(H,29,31,33,39)(H,30,32,34,40). The fraction of sp³-hybridized carbons (Fsp3) is 0.786. The Bertz CT molecular complexity index is 791. The first-order chi connectivity index (χ1) is 18.9. The molecule has 0 aliphatic rings. The lowest BCUT2D eigenvalue weighted by Gasteiger charge is -2.19. The van der Waals surface area contributed by atoms with Crippen LogP contribution in [0.2, 0.25) is 0 Å². The maximum absolute atomic E-state index is 12.1. The van der Waals surface area contributed by atoms with Gasteiger partial charge in [-0.05, 0) is 25.7 Å². The molecule has 0 fully saturated rings. The molecule has 0 rings (SSSR count). The zero-order valence-electron chi connectivity index (χ0n) is 26.9. The van der Waals surface area contributed by atoms with Gasteiger partial charge in [-0.3, -0.25) is 20.6 Å². The summed E-state index contributed by atoms with van der Waals surface area (Å²) >= 11 is 0. The molecule has 0 radical (unpaired) electrons. The molecule has 40 heavy (non-hydrogen) atoms. The lowest BCUT2D eigenvalue weighted by Crippen LogP contribution is -2.45. The smallest absolute Gasteiger partial charge is 0.323 e. The van der Waals surface area contributed by atoms with E-state index in [2.05, 4.69) is 44.5 Å². The summed E-state index contributed by atoms with van der Waals surface area (Å²) in [5.74, 6) is 2.54. The van der Waals surface area contributed by atoms with Gasteiger partial charge in [0.25, 0.3) is 0 Å². The van der Waals surface area contributed by atoms with E-state index in [-0.39, 0.29) is 12.1 Å². The SMILES string of the molecule is CCCN=C(CCCCCCCCC(=NCCC)N=C(NC(=O)N(C)C)N(C)C)N=C(NC(=O)N(C)C)N(C)C. The molecule has 230 valence electrons. The normalized spacial score (nSPS) is 12.8. The van der Waals surface area contributed by atoms with Gasteiger partial charge in [0.1, 0.15) is 11.7 Å². The van der Waals surface area contributed by atoms with Crippen molar-refractivity contribution in [2.75, 3.05) is 69.5 Å². The summed E-state index contributed by atoms with van der Waals surface area (Å²) in [5, 5.41) is 5.68. The van der Waals surface area contributed by atoms with Gasteiger partial charge in [-0.25, -0.2) is 9.59 Å². The van der Waals surface area contributed by atoms with Crippen LogP contribution in [0.1, 0.15) is 78.1 Å². The second-order valence-corrected chi connectivity index (χ2v) is 10.5. The van der Waals surface area contributed by atoms with E-state index in [1.54, 1.807) is 38.0 Å². The highest BCUT2D eigenvalue weighted by atomic mass is 16.2. The highest BCUT2D eigenvalue weighted by Crippen LogP contribution is 2.11. The van der Waals surface area contributed by atoms with Crippen molar-refractivity contribution in [2.45, 2.75) is 78.1 Å². The Hall–Kier alpha value is -3.18. The second-order valence-electron chi connectivity index (χ2n) is 10.5. The molecule has 4 amide bonds. The minimum absolute atomic E-state index is 0.216. The van der Waals surface area contributed by atoms with E-state index in [9.17, 15) is 9.59 Å². The Balaban J connectivity index is 4.85. The summed E-state index contributed by atoms with van der Waals surface area (Å²) in [6.45, 7) is 5.63. The average molecular weight is 565 g/mol. The van der Waals surface area contributed by atoms with Crippen LogP contribution in [0.5, 0.6) is 0 Å². The van der Waals surface area contributed by atoms with Crippen LogP contribution in [0.4, 0.5) is 9.59 Å². The van der Waals surface area contributed by atoms with Gasteiger partial charge in [-0.1, -0.05) is 39.5 Å². The largest absolute Gasteiger partial charge is 0.348 e. The number of unbranched alkanes of at least 4 members (excludes halogenated alkanes) is 5. The number of nitrogens with one attached hydrogen (secondary N) is 2. The fourth-order valence-corrected chi connectivity index (χ4v) is 3.23. The van der Waals surface area contributed by atoms with Crippen LogP contribution in [0.3, 0.4) is 0 Å². The predicted molar refractivity (Wildman–Crippen MR) is 169 cm³/mol. The minimum atomic E-state index is -0.216. The number of aliphatic imine (C=N–C) groups is 4. The van der Waals surface area contributed by atoms with Gasteiger partial charge in [0.2, 0.25) is 11.9 Å².